The smallest absolute Gasteiger partial charge is 0.292 e. The third-order valence-corrected chi connectivity index (χ3v) is 2.75. The SMILES string of the molecule is O=C(OOCc1cccc(Cl)n1)c1ccccc1Cl. The van der Waals surface area contributed by atoms with Gasteiger partial charge in [-0.05, 0) is 24.3 Å². The van der Waals surface area contributed by atoms with E-state index in [0.29, 0.717) is 15.9 Å². The number of hydrogen-bond donors (Lipinski definition) is 0. The molecule has 0 N–H and O–H groups in total. The molecule has 0 saturated carbocycles. The van der Waals surface area contributed by atoms with Crippen LogP contribution in [-0.2, 0) is 16.4 Å². The maximum absolute atomic E-state index is 11.6. The van der Waals surface area contributed by atoms with Crippen molar-refractivity contribution in [2.75, 3.05) is 0 Å². The molecule has 2 aromatic rings. The standard InChI is InChI=1S/C13H9Cl2NO3/c14-11-6-2-1-5-10(11)13(17)19-18-8-9-4-3-7-12(15)16-9/h1-7H,8H2. The Balaban J connectivity index is 1.90. The van der Waals surface area contributed by atoms with Gasteiger partial charge in [-0.3, -0.25) is 4.89 Å². The van der Waals surface area contributed by atoms with Gasteiger partial charge in [0.05, 0.1) is 16.3 Å². The maximum Gasteiger partial charge on any atom is 0.374 e. The molecule has 0 fully saturated rings. The predicted octanol–water partition coefficient (Wildman–Crippen LogP) is 3.68. The lowest BCUT2D eigenvalue weighted by Crippen LogP contribution is -2.07. The van der Waals surface area contributed by atoms with E-state index in [2.05, 4.69) is 9.87 Å². The topological polar surface area (TPSA) is 48.4 Å². The first-order valence-electron chi connectivity index (χ1n) is 5.36. The van der Waals surface area contributed by atoms with Crippen LogP contribution < -0.4 is 0 Å². The molecule has 0 radical (unpaired) electrons. The normalized spacial score (nSPS) is 10.2. The molecule has 0 saturated heterocycles. The van der Waals surface area contributed by atoms with Gasteiger partial charge in [0.15, 0.2) is 0 Å². The van der Waals surface area contributed by atoms with Crippen molar-refractivity contribution in [2.45, 2.75) is 6.61 Å². The largest absolute Gasteiger partial charge is 0.374 e. The first-order valence-corrected chi connectivity index (χ1v) is 6.12. The first kappa shape index (κ1) is 13.8. The van der Waals surface area contributed by atoms with Crippen molar-refractivity contribution in [3.8, 4) is 0 Å². The highest BCUT2D eigenvalue weighted by atomic mass is 35.5. The van der Waals surface area contributed by atoms with Crippen molar-refractivity contribution in [1.29, 1.82) is 0 Å². The van der Waals surface area contributed by atoms with Gasteiger partial charge in [-0.1, -0.05) is 41.4 Å². The van der Waals surface area contributed by atoms with E-state index >= 15 is 0 Å². The molecule has 0 atom stereocenters. The second-order valence-electron chi connectivity index (χ2n) is 3.56. The van der Waals surface area contributed by atoms with Crippen LogP contribution in [0, 0.1) is 0 Å². The maximum atomic E-state index is 11.6. The number of carbonyl (C=O) groups excluding carboxylic acids is 1. The van der Waals surface area contributed by atoms with Crippen molar-refractivity contribution < 1.29 is 14.6 Å². The van der Waals surface area contributed by atoms with E-state index in [1.165, 1.54) is 0 Å². The number of pyridine rings is 1. The van der Waals surface area contributed by atoms with E-state index in [4.69, 9.17) is 28.1 Å². The Bertz CT molecular complexity index is 590. The van der Waals surface area contributed by atoms with E-state index in [9.17, 15) is 4.79 Å². The molecule has 0 aliphatic carbocycles. The molecule has 1 heterocycles. The summed E-state index contributed by atoms with van der Waals surface area (Å²) in [5.41, 5.74) is 0.794. The number of hydrogen-bond acceptors (Lipinski definition) is 4. The second-order valence-corrected chi connectivity index (χ2v) is 4.36. The van der Waals surface area contributed by atoms with Crippen LogP contribution in [0.4, 0.5) is 0 Å². The van der Waals surface area contributed by atoms with Crippen molar-refractivity contribution in [3.05, 3.63) is 63.9 Å². The Labute approximate surface area is 119 Å². The molecule has 0 bridgehead atoms. The number of halogens is 2. The van der Waals surface area contributed by atoms with Gasteiger partial charge in [-0.15, -0.1) is 0 Å². The van der Waals surface area contributed by atoms with Gasteiger partial charge < -0.3 is 0 Å². The minimum atomic E-state index is -0.660. The average molecular weight is 298 g/mol. The Morgan fingerprint density at radius 3 is 2.63 bits per heavy atom. The van der Waals surface area contributed by atoms with E-state index in [0.717, 1.165) is 0 Å². The van der Waals surface area contributed by atoms with Crippen LogP contribution in [0.1, 0.15) is 16.1 Å². The summed E-state index contributed by atoms with van der Waals surface area (Å²) in [4.78, 5) is 25.1. The van der Waals surface area contributed by atoms with Crippen molar-refractivity contribution >= 4 is 29.2 Å². The molecular formula is C13H9Cl2NO3. The van der Waals surface area contributed by atoms with Crippen LogP contribution in [0.3, 0.4) is 0 Å². The van der Waals surface area contributed by atoms with Crippen molar-refractivity contribution in [2.24, 2.45) is 0 Å². The highest BCUT2D eigenvalue weighted by molar-refractivity contribution is 6.33. The van der Waals surface area contributed by atoms with Gasteiger partial charge in [-0.25, -0.2) is 9.78 Å². The first-order chi connectivity index (χ1) is 9.16. The van der Waals surface area contributed by atoms with Crippen LogP contribution in [0.15, 0.2) is 42.5 Å². The highest BCUT2D eigenvalue weighted by Gasteiger charge is 2.12. The molecule has 1 aromatic heterocycles. The molecule has 6 heteroatoms. The summed E-state index contributed by atoms with van der Waals surface area (Å²) in [6, 6.07) is 11.6. The minimum Gasteiger partial charge on any atom is -0.292 e. The Kier molecular flexibility index (Phi) is 4.74. The number of aromatic nitrogens is 1. The number of carbonyl (C=O) groups is 1. The minimum absolute atomic E-state index is 0.0107. The average Bonchev–Trinajstić information content (AvgIpc) is 2.39. The van der Waals surface area contributed by atoms with Crippen molar-refractivity contribution in [3.63, 3.8) is 0 Å². The summed E-state index contributed by atoms with van der Waals surface area (Å²) in [5, 5.41) is 0.649. The molecule has 19 heavy (non-hydrogen) atoms. The van der Waals surface area contributed by atoms with Crippen LogP contribution in [0.25, 0.3) is 0 Å². The summed E-state index contributed by atoms with van der Waals surface area (Å²) in [7, 11) is 0. The highest BCUT2D eigenvalue weighted by Crippen LogP contribution is 2.16. The summed E-state index contributed by atoms with van der Waals surface area (Å²) in [6.07, 6.45) is 0. The van der Waals surface area contributed by atoms with E-state index < -0.39 is 5.97 Å². The van der Waals surface area contributed by atoms with E-state index in [-0.39, 0.29) is 12.2 Å². The quantitative estimate of drug-likeness (QED) is 0.491. The number of nitrogens with zero attached hydrogens (tertiary/aromatic N) is 1. The molecule has 2 rings (SSSR count). The van der Waals surface area contributed by atoms with E-state index in [1.807, 2.05) is 0 Å². The molecule has 0 unspecified atom stereocenters. The van der Waals surface area contributed by atoms with Gasteiger partial charge >= 0.3 is 5.97 Å². The number of benzene rings is 1. The second kappa shape index (κ2) is 6.52. The lowest BCUT2D eigenvalue weighted by molar-refractivity contribution is -0.251. The van der Waals surface area contributed by atoms with Crippen LogP contribution in [0.2, 0.25) is 10.2 Å². The van der Waals surface area contributed by atoms with E-state index in [1.54, 1.807) is 42.5 Å². The molecule has 0 spiro atoms. The Morgan fingerprint density at radius 2 is 1.89 bits per heavy atom. The van der Waals surface area contributed by atoms with Crippen LogP contribution in [-0.4, -0.2) is 11.0 Å². The fourth-order valence-electron chi connectivity index (χ4n) is 1.35. The lowest BCUT2D eigenvalue weighted by Gasteiger charge is -2.04. The molecule has 0 amide bonds. The molecule has 1 aromatic carbocycles. The fourth-order valence-corrected chi connectivity index (χ4v) is 1.74. The van der Waals surface area contributed by atoms with Gasteiger partial charge in [0.2, 0.25) is 0 Å². The predicted molar refractivity (Wildman–Crippen MR) is 70.9 cm³/mol. The molecular weight excluding hydrogens is 289 g/mol. The Hall–Kier alpha value is -1.62. The summed E-state index contributed by atoms with van der Waals surface area (Å²) >= 11 is 11.6. The monoisotopic (exact) mass is 297 g/mol. The van der Waals surface area contributed by atoms with Gasteiger partial charge in [0, 0.05) is 0 Å². The molecule has 98 valence electrons. The summed E-state index contributed by atoms with van der Waals surface area (Å²) in [6.45, 7) is 0.0107. The molecule has 0 aliphatic heterocycles. The van der Waals surface area contributed by atoms with Crippen LogP contribution in [0.5, 0.6) is 0 Å². The molecule has 4 nitrogen and oxygen atoms in total. The van der Waals surface area contributed by atoms with Crippen LogP contribution >= 0.6 is 23.2 Å². The number of rotatable bonds is 4. The lowest BCUT2D eigenvalue weighted by atomic mass is 10.2. The zero-order valence-electron chi connectivity index (χ0n) is 9.68. The third kappa shape index (κ3) is 3.92. The summed E-state index contributed by atoms with van der Waals surface area (Å²) < 4.78 is 0. The van der Waals surface area contributed by atoms with Gasteiger partial charge in [-0.2, -0.15) is 4.89 Å². The Morgan fingerprint density at radius 1 is 1.11 bits per heavy atom. The zero-order valence-corrected chi connectivity index (χ0v) is 11.2. The van der Waals surface area contributed by atoms with Gasteiger partial charge in [0.25, 0.3) is 0 Å². The molecule has 0 aliphatic rings. The van der Waals surface area contributed by atoms with Gasteiger partial charge in [0.1, 0.15) is 11.8 Å². The third-order valence-electron chi connectivity index (χ3n) is 2.21. The zero-order chi connectivity index (χ0) is 13.7. The summed E-state index contributed by atoms with van der Waals surface area (Å²) in [5.74, 6) is -0.660. The van der Waals surface area contributed by atoms with Crippen molar-refractivity contribution in [1.82, 2.24) is 4.98 Å². The fraction of sp³-hybridized carbons (Fsp3) is 0.0769.